The van der Waals surface area contributed by atoms with Crippen LogP contribution in [0.2, 0.25) is 0 Å². The minimum atomic E-state index is -0.885. The van der Waals surface area contributed by atoms with Crippen molar-refractivity contribution in [3.05, 3.63) is 34.9 Å². The molecule has 15 heavy (non-hydrogen) atoms. The molecule has 0 aliphatic rings. The van der Waals surface area contributed by atoms with Gasteiger partial charge in [-0.1, -0.05) is 0 Å². The van der Waals surface area contributed by atoms with Crippen LogP contribution in [0.15, 0.2) is 12.4 Å². The van der Waals surface area contributed by atoms with Crippen LogP contribution in [-0.2, 0) is 0 Å². The summed E-state index contributed by atoms with van der Waals surface area (Å²) in [5, 5.41) is 9.13. The monoisotopic (exact) mass is 204 g/mol. The van der Waals surface area contributed by atoms with Gasteiger partial charge in [0, 0.05) is 11.4 Å². The third-order valence-electron chi connectivity index (χ3n) is 2.73. The highest BCUT2D eigenvalue weighted by molar-refractivity contribution is 5.98. The maximum absolute atomic E-state index is 11.1. The second kappa shape index (κ2) is 3.08. The Labute approximate surface area is 87.2 Å². The summed E-state index contributed by atoms with van der Waals surface area (Å²) in [6.07, 6.45) is 1.67. The number of aromatic carboxylic acids is 1. The smallest absolute Gasteiger partial charge is 0.338 e. The van der Waals surface area contributed by atoms with E-state index in [4.69, 9.17) is 5.11 Å². The van der Waals surface area contributed by atoms with Crippen molar-refractivity contribution in [1.29, 1.82) is 0 Å². The number of nitrogens with zero attached hydrogens (tertiary/aromatic N) is 2. The van der Waals surface area contributed by atoms with Crippen molar-refractivity contribution in [3.8, 4) is 0 Å². The van der Waals surface area contributed by atoms with Gasteiger partial charge >= 0.3 is 5.97 Å². The van der Waals surface area contributed by atoms with E-state index in [2.05, 4.69) is 4.98 Å². The number of carbonyl (C=O) groups is 1. The van der Waals surface area contributed by atoms with Crippen LogP contribution in [-0.4, -0.2) is 20.5 Å². The molecule has 4 heteroatoms. The van der Waals surface area contributed by atoms with E-state index in [0.717, 1.165) is 17.0 Å². The first kappa shape index (κ1) is 9.71. The van der Waals surface area contributed by atoms with Gasteiger partial charge in [-0.15, -0.1) is 0 Å². The Morgan fingerprint density at radius 1 is 1.40 bits per heavy atom. The first-order valence-corrected chi connectivity index (χ1v) is 4.69. The fraction of sp³-hybridized carbons (Fsp3) is 0.273. The van der Waals surface area contributed by atoms with E-state index in [1.807, 2.05) is 25.2 Å². The van der Waals surface area contributed by atoms with E-state index in [1.165, 1.54) is 0 Å². The molecule has 2 aromatic rings. The molecule has 0 saturated carbocycles. The van der Waals surface area contributed by atoms with Gasteiger partial charge in [0.2, 0.25) is 0 Å². The van der Waals surface area contributed by atoms with Gasteiger partial charge in [-0.3, -0.25) is 0 Å². The zero-order chi connectivity index (χ0) is 11.2. The molecule has 4 nitrogen and oxygen atoms in total. The van der Waals surface area contributed by atoms with E-state index in [1.54, 1.807) is 12.4 Å². The number of fused-ring (bicyclic) bond motifs is 1. The number of aromatic nitrogens is 2. The van der Waals surface area contributed by atoms with Crippen LogP contribution >= 0.6 is 0 Å². The molecule has 0 aliphatic heterocycles. The van der Waals surface area contributed by atoms with Crippen LogP contribution in [0.25, 0.3) is 5.52 Å². The molecule has 1 N–H and O–H groups in total. The summed E-state index contributed by atoms with van der Waals surface area (Å²) in [6.45, 7) is 5.57. The fourth-order valence-corrected chi connectivity index (χ4v) is 1.80. The van der Waals surface area contributed by atoms with Crippen molar-refractivity contribution in [1.82, 2.24) is 9.38 Å². The Balaban J connectivity index is 2.95. The third-order valence-corrected chi connectivity index (χ3v) is 2.73. The number of carboxylic acid groups (broad SMARTS) is 1. The maximum Gasteiger partial charge on any atom is 0.338 e. The average molecular weight is 204 g/mol. The molecule has 0 aromatic carbocycles. The number of hydrogen-bond acceptors (Lipinski definition) is 2. The zero-order valence-electron chi connectivity index (χ0n) is 8.90. The first-order chi connectivity index (χ1) is 7.02. The van der Waals surface area contributed by atoms with Crippen LogP contribution in [0.1, 0.15) is 27.3 Å². The molecule has 0 amide bonds. The summed E-state index contributed by atoms with van der Waals surface area (Å²) in [4.78, 5) is 15.3. The maximum atomic E-state index is 11.1. The predicted octanol–water partition coefficient (Wildman–Crippen LogP) is 1.96. The second-order valence-electron chi connectivity index (χ2n) is 3.68. The molecule has 0 unspecified atom stereocenters. The normalized spacial score (nSPS) is 10.9. The Kier molecular flexibility index (Phi) is 2.00. The van der Waals surface area contributed by atoms with Crippen LogP contribution in [0.3, 0.4) is 0 Å². The van der Waals surface area contributed by atoms with Crippen molar-refractivity contribution in [2.24, 2.45) is 0 Å². The van der Waals surface area contributed by atoms with E-state index in [0.29, 0.717) is 11.1 Å². The Hall–Kier alpha value is -1.84. The van der Waals surface area contributed by atoms with Gasteiger partial charge in [0.25, 0.3) is 0 Å². The molecule has 0 saturated heterocycles. The van der Waals surface area contributed by atoms with Crippen molar-refractivity contribution >= 4 is 11.5 Å². The fourth-order valence-electron chi connectivity index (χ4n) is 1.80. The number of aryl methyl sites for hydroxylation is 2. The van der Waals surface area contributed by atoms with Crippen LogP contribution in [0, 0.1) is 20.8 Å². The van der Waals surface area contributed by atoms with Crippen molar-refractivity contribution in [2.45, 2.75) is 20.8 Å². The third kappa shape index (κ3) is 1.29. The van der Waals surface area contributed by atoms with Gasteiger partial charge in [0.15, 0.2) is 0 Å². The Bertz CT molecular complexity index is 555. The number of hydrogen-bond donors (Lipinski definition) is 1. The molecule has 2 aromatic heterocycles. The summed E-state index contributed by atoms with van der Waals surface area (Å²) in [6, 6.07) is 1.80. The predicted molar refractivity (Wildman–Crippen MR) is 56.4 cm³/mol. The van der Waals surface area contributed by atoms with E-state index >= 15 is 0 Å². The molecule has 0 bridgehead atoms. The largest absolute Gasteiger partial charge is 0.478 e. The molecule has 0 atom stereocenters. The van der Waals surface area contributed by atoms with E-state index < -0.39 is 5.97 Å². The summed E-state index contributed by atoms with van der Waals surface area (Å²) >= 11 is 0. The molecule has 78 valence electrons. The SMILES string of the molecule is Cc1cc2c(C(=O)O)c(C)c(C)n2cn1. The molecule has 2 rings (SSSR count). The molecule has 0 aliphatic carbocycles. The number of carboxylic acids is 1. The van der Waals surface area contributed by atoms with Crippen LogP contribution < -0.4 is 0 Å². The van der Waals surface area contributed by atoms with Crippen molar-refractivity contribution in [3.63, 3.8) is 0 Å². The highest BCUT2D eigenvalue weighted by atomic mass is 16.4. The standard InChI is InChI=1S/C11H12N2O2/c1-6-4-9-10(11(14)15)7(2)8(3)13(9)5-12-6/h4-5H,1-3H3,(H,14,15). The molecular formula is C11H12N2O2. The Morgan fingerprint density at radius 2 is 2.07 bits per heavy atom. The second-order valence-corrected chi connectivity index (χ2v) is 3.68. The van der Waals surface area contributed by atoms with Crippen molar-refractivity contribution < 1.29 is 9.90 Å². The quantitative estimate of drug-likeness (QED) is 0.772. The van der Waals surface area contributed by atoms with Gasteiger partial charge < -0.3 is 9.51 Å². The molecular weight excluding hydrogens is 192 g/mol. The average Bonchev–Trinajstić information content (AvgIpc) is 2.39. The lowest BCUT2D eigenvalue weighted by Crippen LogP contribution is -1.98. The lowest BCUT2D eigenvalue weighted by molar-refractivity contribution is 0.0698. The van der Waals surface area contributed by atoms with Crippen LogP contribution in [0.5, 0.6) is 0 Å². The first-order valence-electron chi connectivity index (χ1n) is 4.69. The zero-order valence-corrected chi connectivity index (χ0v) is 8.90. The highest BCUT2D eigenvalue weighted by Gasteiger charge is 2.17. The van der Waals surface area contributed by atoms with Gasteiger partial charge in [0.1, 0.15) is 0 Å². The van der Waals surface area contributed by atoms with E-state index in [9.17, 15) is 4.79 Å². The highest BCUT2D eigenvalue weighted by Crippen LogP contribution is 2.22. The van der Waals surface area contributed by atoms with Crippen LogP contribution in [0.4, 0.5) is 0 Å². The van der Waals surface area contributed by atoms with Crippen molar-refractivity contribution in [2.75, 3.05) is 0 Å². The van der Waals surface area contributed by atoms with Gasteiger partial charge in [-0.05, 0) is 32.4 Å². The topological polar surface area (TPSA) is 54.6 Å². The minimum absolute atomic E-state index is 0.373. The summed E-state index contributed by atoms with van der Waals surface area (Å²) in [5.41, 5.74) is 3.63. The van der Waals surface area contributed by atoms with E-state index in [-0.39, 0.29) is 0 Å². The summed E-state index contributed by atoms with van der Waals surface area (Å²) in [7, 11) is 0. The summed E-state index contributed by atoms with van der Waals surface area (Å²) in [5.74, 6) is -0.885. The summed E-state index contributed by atoms with van der Waals surface area (Å²) < 4.78 is 1.81. The molecule has 0 radical (unpaired) electrons. The number of rotatable bonds is 1. The van der Waals surface area contributed by atoms with Gasteiger partial charge in [-0.2, -0.15) is 0 Å². The molecule has 0 fully saturated rings. The molecule has 0 spiro atoms. The van der Waals surface area contributed by atoms with Gasteiger partial charge in [-0.25, -0.2) is 9.78 Å². The van der Waals surface area contributed by atoms with Gasteiger partial charge in [0.05, 0.1) is 17.4 Å². The Morgan fingerprint density at radius 3 is 2.67 bits per heavy atom. The lowest BCUT2D eigenvalue weighted by Gasteiger charge is -1.98. The molecule has 2 heterocycles. The minimum Gasteiger partial charge on any atom is -0.478 e. The lowest BCUT2D eigenvalue weighted by atomic mass is 10.1.